The Labute approximate surface area is 328 Å². The lowest BCUT2D eigenvalue weighted by Gasteiger charge is -2.29. The molecule has 0 amide bonds. The molecule has 1 aliphatic heterocycles. The van der Waals surface area contributed by atoms with E-state index >= 15 is 0 Å². The zero-order valence-electron chi connectivity index (χ0n) is 33.5. The fourth-order valence-corrected chi connectivity index (χ4v) is 8.09. The van der Waals surface area contributed by atoms with E-state index in [1.54, 1.807) is 19.1 Å². The number of phosphoric acid groups is 1. The lowest BCUT2D eigenvalue weighted by molar-refractivity contribution is -0.0891. The van der Waals surface area contributed by atoms with E-state index in [0.29, 0.717) is 31.0 Å². The van der Waals surface area contributed by atoms with E-state index in [9.17, 15) is 19.7 Å². The van der Waals surface area contributed by atoms with E-state index < -0.39 is 38.3 Å². The van der Waals surface area contributed by atoms with Gasteiger partial charge in [-0.05, 0) is 38.1 Å². The first-order valence-corrected chi connectivity index (χ1v) is 22.1. The standard InChI is InChI=1S/C41H68N5O8P/c1-4-5-6-7-8-9-10-11-12-13-14-15-16-17-18-22-27-51-29-34(45(3)28-33-23-20-19-21-24-33)30-52-55(49,50)53-31-36-38(47)39(48)41(2,54-36)37-26-25-35-40(42)43-32-44-46(35)37/h19-21,23-26,32,34,36,38-39,47-48H,4-18,22,27-31H2,1-3H3,(H,49,50)(H2,42,43,44)/t34-,36-,38-,39-,41+/m1/s1. The number of nitrogens with two attached hydrogens (primary N) is 1. The molecule has 13 nitrogen and oxygen atoms in total. The Kier molecular flexibility index (Phi) is 19.5. The van der Waals surface area contributed by atoms with Gasteiger partial charge in [-0.1, -0.05) is 134 Å². The lowest BCUT2D eigenvalue weighted by Crippen LogP contribution is -2.39. The predicted octanol–water partition coefficient (Wildman–Crippen LogP) is 7.56. The quantitative estimate of drug-likeness (QED) is 0.0402. The number of nitrogen functional groups attached to an aromatic ring is 1. The smallest absolute Gasteiger partial charge is 0.387 e. The van der Waals surface area contributed by atoms with Crippen LogP contribution in [0, 0.1) is 0 Å². The van der Waals surface area contributed by atoms with E-state index in [1.165, 1.54) is 101 Å². The Morgan fingerprint density at radius 3 is 2.11 bits per heavy atom. The number of nitrogens with zero attached hydrogens (tertiary/aromatic N) is 4. The van der Waals surface area contributed by atoms with Crippen molar-refractivity contribution in [2.24, 2.45) is 0 Å². The SMILES string of the molecule is CCCCCCCCCCCCCCCCCCOC[C@H](COP(=O)(O)OC[C@H]1O[C@@](C)(c2ccc3c(N)ncnn23)[C@H](O)[C@@H]1O)N(C)Cc1ccccc1. The number of unbranched alkanes of at least 4 members (excludes halogenated alkanes) is 15. The molecule has 5 N–H and O–H groups in total. The van der Waals surface area contributed by atoms with Crippen molar-refractivity contribution in [1.29, 1.82) is 0 Å². The van der Waals surface area contributed by atoms with Crippen LogP contribution in [0.3, 0.4) is 0 Å². The van der Waals surface area contributed by atoms with E-state index in [2.05, 4.69) is 17.0 Å². The van der Waals surface area contributed by atoms with Gasteiger partial charge in [0.25, 0.3) is 0 Å². The van der Waals surface area contributed by atoms with Gasteiger partial charge in [-0.25, -0.2) is 14.1 Å². The first-order valence-electron chi connectivity index (χ1n) is 20.6. The van der Waals surface area contributed by atoms with Crippen molar-refractivity contribution < 1.29 is 38.2 Å². The number of anilines is 1. The molecule has 1 aliphatic rings. The summed E-state index contributed by atoms with van der Waals surface area (Å²) in [6, 6.07) is 13.0. The summed E-state index contributed by atoms with van der Waals surface area (Å²) in [4.78, 5) is 16.7. The Balaban J connectivity index is 1.16. The molecule has 3 aromatic rings. The number of ether oxygens (including phenoxy) is 2. The number of fused-ring (bicyclic) bond motifs is 1. The number of rotatable bonds is 29. The largest absolute Gasteiger partial charge is 0.472 e. The maximum absolute atomic E-state index is 13.1. The van der Waals surface area contributed by atoms with Crippen LogP contribution in [0.1, 0.15) is 128 Å². The highest BCUT2D eigenvalue weighted by molar-refractivity contribution is 7.47. The van der Waals surface area contributed by atoms with E-state index in [0.717, 1.165) is 18.4 Å². The average Bonchev–Trinajstić information content (AvgIpc) is 3.71. The molecule has 310 valence electrons. The third-order valence-electron chi connectivity index (χ3n) is 10.8. The van der Waals surface area contributed by atoms with E-state index in [4.69, 9.17) is 24.3 Å². The van der Waals surface area contributed by atoms with Gasteiger partial charge in [0.2, 0.25) is 0 Å². The van der Waals surface area contributed by atoms with Crippen LogP contribution in [0.2, 0.25) is 0 Å². The fraction of sp³-hybridized carbons (Fsp3) is 0.707. The number of aliphatic hydroxyl groups is 2. The van der Waals surface area contributed by atoms with E-state index in [-0.39, 0.29) is 18.5 Å². The summed E-state index contributed by atoms with van der Waals surface area (Å²) in [5.74, 6) is 0.245. The molecule has 0 radical (unpaired) electrons. The molecule has 1 unspecified atom stereocenters. The van der Waals surface area contributed by atoms with E-state index in [1.807, 2.05) is 42.3 Å². The molecule has 6 atom stereocenters. The molecule has 55 heavy (non-hydrogen) atoms. The topological polar surface area (TPSA) is 174 Å². The monoisotopic (exact) mass is 789 g/mol. The van der Waals surface area contributed by atoms with Crippen molar-refractivity contribution in [3.05, 3.63) is 60.0 Å². The van der Waals surface area contributed by atoms with Crippen molar-refractivity contribution >= 4 is 19.2 Å². The molecular formula is C41H68N5O8P. The molecule has 1 saturated heterocycles. The highest BCUT2D eigenvalue weighted by Gasteiger charge is 2.54. The predicted molar refractivity (Wildman–Crippen MR) is 215 cm³/mol. The Morgan fingerprint density at radius 1 is 0.891 bits per heavy atom. The van der Waals surface area contributed by atoms with Crippen LogP contribution in [-0.2, 0) is 35.2 Å². The summed E-state index contributed by atoms with van der Waals surface area (Å²) in [7, 11) is -2.66. The van der Waals surface area contributed by atoms with Gasteiger partial charge in [0.15, 0.2) is 5.82 Å². The van der Waals surface area contributed by atoms with Crippen LogP contribution in [0.5, 0.6) is 0 Å². The summed E-state index contributed by atoms with van der Waals surface area (Å²) < 4.78 is 37.5. The Morgan fingerprint density at radius 2 is 1.49 bits per heavy atom. The second-order valence-electron chi connectivity index (χ2n) is 15.4. The number of aromatic nitrogens is 3. The zero-order chi connectivity index (χ0) is 39.5. The molecule has 2 aromatic heterocycles. The van der Waals surface area contributed by atoms with Gasteiger partial charge in [0.1, 0.15) is 35.8 Å². The molecule has 0 aliphatic carbocycles. The third kappa shape index (κ3) is 14.5. The molecule has 0 saturated carbocycles. The van der Waals surface area contributed by atoms with Crippen molar-refractivity contribution in [3.8, 4) is 0 Å². The maximum Gasteiger partial charge on any atom is 0.472 e. The summed E-state index contributed by atoms with van der Waals surface area (Å²) in [6.45, 7) is 4.77. The van der Waals surface area contributed by atoms with Gasteiger partial charge in [-0.2, -0.15) is 5.10 Å². The van der Waals surface area contributed by atoms with Crippen LogP contribution in [-0.4, -0.2) is 92.4 Å². The first-order chi connectivity index (χ1) is 26.6. The van der Waals surface area contributed by atoms with Gasteiger partial charge in [0, 0.05) is 13.2 Å². The summed E-state index contributed by atoms with van der Waals surface area (Å²) in [5.41, 5.74) is 6.58. The number of likely N-dealkylation sites (N-methyl/N-ethyl adjacent to an activating group) is 1. The average molecular weight is 790 g/mol. The maximum atomic E-state index is 13.1. The van der Waals surface area contributed by atoms with Gasteiger partial charge in [-0.3, -0.25) is 13.9 Å². The van der Waals surface area contributed by atoms with Crippen LogP contribution < -0.4 is 5.73 Å². The normalized spacial score (nSPS) is 21.8. The van der Waals surface area contributed by atoms with Crippen molar-refractivity contribution in [1.82, 2.24) is 19.5 Å². The second-order valence-corrected chi connectivity index (χ2v) is 16.8. The molecule has 0 bridgehead atoms. The Hall–Kier alpha value is -2.45. The number of benzene rings is 1. The number of hydrogen-bond acceptors (Lipinski definition) is 11. The first kappa shape index (κ1) is 45.3. The summed E-state index contributed by atoms with van der Waals surface area (Å²) >= 11 is 0. The second kappa shape index (κ2) is 23.7. The fourth-order valence-electron chi connectivity index (χ4n) is 7.32. The zero-order valence-corrected chi connectivity index (χ0v) is 34.4. The Bertz CT molecular complexity index is 1550. The minimum absolute atomic E-state index is 0.123. The molecule has 0 spiro atoms. The highest BCUT2D eigenvalue weighted by atomic mass is 31.2. The van der Waals surface area contributed by atoms with Crippen LogP contribution in [0.4, 0.5) is 5.82 Å². The van der Waals surface area contributed by atoms with Crippen LogP contribution >= 0.6 is 7.82 Å². The molecule has 1 aromatic carbocycles. The minimum Gasteiger partial charge on any atom is -0.387 e. The molecule has 14 heteroatoms. The van der Waals surface area contributed by atoms with Crippen molar-refractivity contribution in [2.45, 2.75) is 153 Å². The minimum atomic E-state index is -4.59. The number of phosphoric ester groups is 1. The van der Waals surface area contributed by atoms with Crippen LogP contribution in [0.15, 0.2) is 48.8 Å². The summed E-state index contributed by atoms with van der Waals surface area (Å²) in [5, 5.41) is 26.1. The number of hydrogen-bond donors (Lipinski definition) is 4. The van der Waals surface area contributed by atoms with Crippen LogP contribution in [0.25, 0.3) is 5.52 Å². The summed E-state index contributed by atoms with van der Waals surface area (Å²) in [6.07, 6.45) is 18.3. The third-order valence-corrected chi connectivity index (χ3v) is 11.8. The van der Waals surface area contributed by atoms with Gasteiger partial charge < -0.3 is 30.3 Å². The lowest BCUT2D eigenvalue weighted by atomic mass is 9.93. The molecule has 1 fully saturated rings. The van der Waals surface area contributed by atoms with Crippen molar-refractivity contribution in [3.63, 3.8) is 0 Å². The number of aliphatic hydroxyl groups excluding tert-OH is 2. The van der Waals surface area contributed by atoms with Gasteiger partial charge in [-0.15, -0.1) is 0 Å². The highest BCUT2D eigenvalue weighted by Crippen LogP contribution is 2.46. The van der Waals surface area contributed by atoms with Gasteiger partial charge >= 0.3 is 7.82 Å². The van der Waals surface area contributed by atoms with Crippen molar-refractivity contribution in [2.75, 3.05) is 39.2 Å². The van der Waals surface area contributed by atoms with Gasteiger partial charge in [0.05, 0.1) is 31.6 Å². The molecule has 3 heterocycles. The molecule has 4 rings (SSSR count). The molecular weight excluding hydrogens is 721 g/mol.